The van der Waals surface area contributed by atoms with Gasteiger partial charge in [0.25, 0.3) is 0 Å². The van der Waals surface area contributed by atoms with Gasteiger partial charge in [-0.15, -0.1) is 0 Å². The third kappa shape index (κ3) is 6.55. The predicted octanol–water partition coefficient (Wildman–Crippen LogP) is 1.85. The molecule has 2 rings (SSSR count). The topological polar surface area (TPSA) is 75.1 Å². The van der Waals surface area contributed by atoms with E-state index in [1.165, 1.54) is 5.56 Å². The highest BCUT2D eigenvalue weighted by Crippen LogP contribution is 2.24. The molecule has 1 heterocycles. The lowest BCUT2D eigenvalue weighted by Gasteiger charge is -2.17. The van der Waals surface area contributed by atoms with E-state index in [1.54, 1.807) is 0 Å². The molecule has 3 N–H and O–H groups in total. The summed E-state index contributed by atoms with van der Waals surface area (Å²) in [6.07, 6.45) is 1.06. The molecule has 1 aromatic carbocycles. The first-order valence-corrected chi connectivity index (χ1v) is 9.09. The Labute approximate surface area is 150 Å². The van der Waals surface area contributed by atoms with Gasteiger partial charge >= 0.3 is 0 Å². The van der Waals surface area contributed by atoms with Gasteiger partial charge in [-0.05, 0) is 31.4 Å². The van der Waals surface area contributed by atoms with Crippen LogP contribution in [0.15, 0.2) is 23.2 Å². The number of nitrogens with one attached hydrogen (secondary N) is 2. The minimum Gasteiger partial charge on any atom is -0.488 e. The number of hydrogen-bond acceptors (Lipinski definition) is 4. The minimum atomic E-state index is 0.126. The van der Waals surface area contributed by atoms with Crippen molar-refractivity contribution in [2.75, 3.05) is 32.9 Å². The fourth-order valence-electron chi connectivity index (χ4n) is 2.53. The summed E-state index contributed by atoms with van der Waals surface area (Å²) in [6.45, 7) is 9.67. The number of aliphatic hydroxyl groups excluding tert-OH is 1. The van der Waals surface area contributed by atoms with E-state index in [1.807, 2.05) is 13.8 Å². The average Bonchev–Trinajstić information content (AvgIpc) is 3.11. The molecule has 1 fully saturated rings. The molecule has 0 radical (unpaired) electrons. The second-order valence-electron chi connectivity index (χ2n) is 6.58. The molecule has 0 aromatic heterocycles. The van der Waals surface area contributed by atoms with Crippen molar-refractivity contribution in [1.29, 1.82) is 0 Å². The van der Waals surface area contributed by atoms with Crippen LogP contribution in [-0.2, 0) is 11.3 Å². The molecule has 6 heteroatoms. The van der Waals surface area contributed by atoms with Crippen LogP contribution in [0.4, 0.5) is 0 Å². The van der Waals surface area contributed by atoms with Gasteiger partial charge < -0.3 is 25.2 Å². The fourth-order valence-corrected chi connectivity index (χ4v) is 2.53. The lowest BCUT2D eigenvalue weighted by Crippen LogP contribution is -2.39. The number of nitrogens with zero attached hydrogens (tertiary/aromatic N) is 1. The molecule has 6 nitrogen and oxygen atoms in total. The second kappa shape index (κ2) is 10.3. The number of rotatable bonds is 8. The standard InChI is InChI=1S/C19H31N3O3/c1-4-20-19(21-10-15(3)12-23)22-11-16-6-5-14(2)9-18(16)25-17-7-8-24-13-17/h5-6,9,15,17,23H,4,7-8,10-13H2,1-3H3,(H2,20,21,22). The van der Waals surface area contributed by atoms with Crippen LogP contribution in [-0.4, -0.2) is 50.1 Å². The summed E-state index contributed by atoms with van der Waals surface area (Å²) in [7, 11) is 0. The summed E-state index contributed by atoms with van der Waals surface area (Å²) in [6, 6.07) is 6.22. The van der Waals surface area contributed by atoms with Crippen molar-refractivity contribution in [3.05, 3.63) is 29.3 Å². The van der Waals surface area contributed by atoms with Crippen molar-refractivity contribution in [3.63, 3.8) is 0 Å². The van der Waals surface area contributed by atoms with Gasteiger partial charge in [-0.25, -0.2) is 4.99 Å². The van der Waals surface area contributed by atoms with E-state index in [0.717, 1.165) is 36.8 Å². The Morgan fingerprint density at radius 1 is 1.44 bits per heavy atom. The molecule has 1 aliphatic heterocycles. The molecule has 1 aliphatic rings. The number of hydrogen-bond donors (Lipinski definition) is 3. The second-order valence-corrected chi connectivity index (χ2v) is 6.58. The first-order chi connectivity index (χ1) is 12.1. The summed E-state index contributed by atoms with van der Waals surface area (Å²) in [5, 5.41) is 15.7. The summed E-state index contributed by atoms with van der Waals surface area (Å²) in [5.41, 5.74) is 2.23. The Morgan fingerprint density at radius 2 is 2.28 bits per heavy atom. The maximum atomic E-state index is 9.16. The molecule has 0 amide bonds. The Bertz CT molecular complexity index is 557. The van der Waals surface area contributed by atoms with Gasteiger partial charge in [-0.2, -0.15) is 0 Å². The highest BCUT2D eigenvalue weighted by atomic mass is 16.5. The lowest BCUT2D eigenvalue weighted by atomic mass is 10.1. The molecule has 0 aliphatic carbocycles. The SMILES string of the molecule is CCNC(=NCc1ccc(C)cc1OC1CCOC1)NCC(C)CO. The van der Waals surface area contributed by atoms with E-state index in [2.05, 4.69) is 40.7 Å². The van der Waals surface area contributed by atoms with Gasteiger partial charge in [0.2, 0.25) is 0 Å². The third-order valence-corrected chi connectivity index (χ3v) is 4.09. The summed E-state index contributed by atoms with van der Waals surface area (Å²) >= 11 is 0. The maximum absolute atomic E-state index is 9.16. The lowest BCUT2D eigenvalue weighted by molar-refractivity contribution is 0.140. The van der Waals surface area contributed by atoms with Crippen molar-refractivity contribution >= 4 is 5.96 Å². The van der Waals surface area contributed by atoms with Gasteiger partial charge in [0, 0.05) is 31.7 Å². The number of ether oxygens (including phenoxy) is 2. The largest absolute Gasteiger partial charge is 0.488 e. The smallest absolute Gasteiger partial charge is 0.191 e. The van der Waals surface area contributed by atoms with Crippen LogP contribution in [0.1, 0.15) is 31.4 Å². The third-order valence-electron chi connectivity index (χ3n) is 4.09. The highest BCUT2D eigenvalue weighted by molar-refractivity contribution is 5.79. The van der Waals surface area contributed by atoms with Crippen molar-refractivity contribution in [2.24, 2.45) is 10.9 Å². The zero-order valence-corrected chi connectivity index (χ0v) is 15.5. The molecule has 2 unspecified atom stereocenters. The van der Waals surface area contributed by atoms with E-state index in [4.69, 9.17) is 14.6 Å². The van der Waals surface area contributed by atoms with Crippen LogP contribution in [0.25, 0.3) is 0 Å². The van der Waals surface area contributed by atoms with Gasteiger partial charge in [0.05, 0.1) is 19.8 Å². The molecule has 2 atom stereocenters. The zero-order chi connectivity index (χ0) is 18.1. The number of benzene rings is 1. The van der Waals surface area contributed by atoms with E-state index in [9.17, 15) is 0 Å². The molecular formula is C19H31N3O3. The molecule has 140 valence electrons. The van der Waals surface area contributed by atoms with Gasteiger partial charge in [0.15, 0.2) is 5.96 Å². The Balaban J connectivity index is 2.05. The molecule has 0 spiro atoms. The number of aliphatic hydroxyl groups is 1. The monoisotopic (exact) mass is 349 g/mol. The van der Waals surface area contributed by atoms with E-state index in [0.29, 0.717) is 19.7 Å². The van der Waals surface area contributed by atoms with Crippen LogP contribution >= 0.6 is 0 Å². The van der Waals surface area contributed by atoms with Crippen molar-refractivity contribution < 1.29 is 14.6 Å². The van der Waals surface area contributed by atoms with Crippen LogP contribution in [0.3, 0.4) is 0 Å². The molecule has 0 saturated carbocycles. The van der Waals surface area contributed by atoms with Gasteiger partial charge in [0.1, 0.15) is 11.9 Å². The quantitative estimate of drug-likeness (QED) is 0.493. The normalized spacial score (nSPS) is 18.9. The van der Waals surface area contributed by atoms with Crippen LogP contribution in [0.2, 0.25) is 0 Å². The fraction of sp³-hybridized carbons (Fsp3) is 0.632. The average molecular weight is 349 g/mol. The van der Waals surface area contributed by atoms with Crippen molar-refractivity contribution in [1.82, 2.24) is 10.6 Å². The van der Waals surface area contributed by atoms with Gasteiger partial charge in [-0.3, -0.25) is 0 Å². The first kappa shape index (κ1) is 19.5. The van der Waals surface area contributed by atoms with Crippen molar-refractivity contribution in [3.8, 4) is 5.75 Å². The summed E-state index contributed by atoms with van der Waals surface area (Å²) < 4.78 is 11.5. The molecule has 1 saturated heterocycles. The Hall–Kier alpha value is -1.79. The highest BCUT2D eigenvalue weighted by Gasteiger charge is 2.18. The van der Waals surface area contributed by atoms with E-state index in [-0.39, 0.29) is 18.6 Å². The van der Waals surface area contributed by atoms with E-state index < -0.39 is 0 Å². The number of guanidine groups is 1. The summed E-state index contributed by atoms with van der Waals surface area (Å²) in [4.78, 5) is 4.66. The van der Waals surface area contributed by atoms with Crippen molar-refractivity contribution in [2.45, 2.75) is 39.8 Å². The predicted molar refractivity (Wildman–Crippen MR) is 100 cm³/mol. The first-order valence-electron chi connectivity index (χ1n) is 9.09. The van der Waals surface area contributed by atoms with E-state index >= 15 is 0 Å². The Kier molecular flexibility index (Phi) is 8.01. The van der Waals surface area contributed by atoms with Crippen LogP contribution in [0, 0.1) is 12.8 Å². The molecule has 0 bridgehead atoms. The minimum absolute atomic E-state index is 0.126. The maximum Gasteiger partial charge on any atom is 0.191 e. The zero-order valence-electron chi connectivity index (χ0n) is 15.5. The molecular weight excluding hydrogens is 318 g/mol. The molecule has 25 heavy (non-hydrogen) atoms. The number of aryl methyl sites for hydroxylation is 1. The Morgan fingerprint density at radius 3 is 2.96 bits per heavy atom. The van der Waals surface area contributed by atoms with Gasteiger partial charge in [-0.1, -0.05) is 19.1 Å². The summed E-state index contributed by atoms with van der Waals surface area (Å²) in [5.74, 6) is 1.82. The van der Waals surface area contributed by atoms with Crippen LogP contribution in [0.5, 0.6) is 5.75 Å². The molecule has 1 aromatic rings. The van der Waals surface area contributed by atoms with Crippen LogP contribution < -0.4 is 15.4 Å². The number of aliphatic imine (C=N–C) groups is 1.